The normalized spacial score (nSPS) is 14.1. The molecule has 1 aliphatic carbocycles. The van der Waals surface area contributed by atoms with E-state index in [0.717, 1.165) is 5.69 Å². The third kappa shape index (κ3) is 5.29. The smallest absolute Gasteiger partial charge is 0.306 e. The van der Waals surface area contributed by atoms with Crippen molar-refractivity contribution < 1.29 is 18.7 Å². The van der Waals surface area contributed by atoms with Gasteiger partial charge in [0.05, 0.1) is 0 Å². The average Bonchev–Trinajstić information content (AvgIpc) is 3.28. The third-order valence-corrected chi connectivity index (χ3v) is 5.65. The number of esters is 1. The number of ether oxygens (including phenoxy) is 1. The van der Waals surface area contributed by atoms with E-state index in [4.69, 9.17) is 4.74 Å². The summed E-state index contributed by atoms with van der Waals surface area (Å²) >= 11 is 0. The topological polar surface area (TPSA) is 34.1 Å². The first-order valence-electron chi connectivity index (χ1n) is 10.5. The molecule has 0 spiro atoms. The zero-order valence-corrected chi connectivity index (χ0v) is 16.7. The molecule has 4 nitrogen and oxygen atoms in total. The number of hydrogen-bond donors (Lipinski definition) is 0. The van der Waals surface area contributed by atoms with Crippen LogP contribution < -0.4 is 9.13 Å². The van der Waals surface area contributed by atoms with Gasteiger partial charge in [0.1, 0.15) is 0 Å². The van der Waals surface area contributed by atoms with E-state index in [1.807, 2.05) is 30.6 Å². The van der Waals surface area contributed by atoms with Crippen molar-refractivity contribution in [2.75, 3.05) is 6.61 Å². The third-order valence-electron chi connectivity index (χ3n) is 5.65. The molecule has 0 unspecified atom stereocenters. The first kappa shape index (κ1) is 19.3. The molecule has 1 fully saturated rings. The summed E-state index contributed by atoms with van der Waals surface area (Å²) in [5.41, 5.74) is 3.49. The van der Waals surface area contributed by atoms with Gasteiger partial charge < -0.3 is 4.74 Å². The Kier molecular flexibility index (Phi) is 6.30. The Balaban J connectivity index is 1.29. The monoisotopic (exact) mass is 388 g/mol. The van der Waals surface area contributed by atoms with Gasteiger partial charge >= 0.3 is 5.97 Å². The van der Waals surface area contributed by atoms with Crippen molar-refractivity contribution in [1.82, 2.24) is 0 Å². The molecule has 1 aliphatic rings. The number of nitrogens with zero attached hydrogens (tertiary/aromatic N) is 2. The van der Waals surface area contributed by atoms with Crippen molar-refractivity contribution in [2.24, 2.45) is 5.92 Å². The van der Waals surface area contributed by atoms with Crippen LogP contribution in [0.2, 0.25) is 0 Å². The van der Waals surface area contributed by atoms with Crippen molar-refractivity contribution >= 4 is 5.97 Å². The van der Waals surface area contributed by atoms with Crippen LogP contribution in [0.25, 0.3) is 16.8 Å². The van der Waals surface area contributed by atoms with Crippen LogP contribution in [0.4, 0.5) is 0 Å². The molecule has 1 aromatic carbocycles. The predicted octanol–water partition coefficient (Wildman–Crippen LogP) is 4.04. The molecule has 0 amide bonds. The largest absolute Gasteiger partial charge is 0.459 e. The summed E-state index contributed by atoms with van der Waals surface area (Å²) in [6.45, 7) is 1.11. The second kappa shape index (κ2) is 9.46. The zero-order chi connectivity index (χ0) is 19.9. The Morgan fingerprint density at radius 2 is 1.48 bits per heavy atom. The van der Waals surface area contributed by atoms with Crippen molar-refractivity contribution in [3.63, 3.8) is 0 Å². The quantitative estimate of drug-likeness (QED) is 0.452. The van der Waals surface area contributed by atoms with Crippen molar-refractivity contribution in [3.05, 3.63) is 79.4 Å². The molecule has 4 rings (SSSR count). The van der Waals surface area contributed by atoms with Gasteiger partial charge in [-0.25, -0.2) is 4.57 Å². The highest BCUT2D eigenvalue weighted by Crippen LogP contribution is 2.27. The molecule has 0 atom stereocenters. The molecule has 3 aromatic rings. The Bertz CT molecular complexity index is 915. The van der Waals surface area contributed by atoms with E-state index < -0.39 is 0 Å². The molecule has 0 saturated heterocycles. The van der Waals surface area contributed by atoms with E-state index in [0.29, 0.717) is 25.5 Å². The number of carbonyl (C=O) groups excluding carboxylic acids is 1. The molecule has 29 heavy (non-hydrogen) atoms. The van der Waals surface area contributed by atoms with Gasteiger partial charge in [-0.15, -0.1) is 0 Å². The first-order valence-corrected chi connectivity index (χ1v) is 10.5. The minimum absolute atomic E-state index is 0.0508. The van der Waals surface area contributed by atoms with Gasteiger partial charge in [0.25, 0.3) is 0 Å². The highest BCUT2D eigenvalue weighted by atomic mass is 16.5. The second-order valence-corrected chi connectivity index (χ2v) is 7.73. The number of pyridine rings is 2. The number of rotatable bonds is 7. The van der Waals surface area contributed by atoms with Crippen molar-refractivity contribution in [2.45, 2.75) is 38.6 Å². The molecule has 0 radical (unpaired) electrons. The predicted molar refractivity (Wildman–Crippen MR) is 111 cm³/mol. The van der Waals surface area contributed by atoms with E-state index in [9.17, 15) is 4.79 Å². The number of aromatic nitrogens is 2. The summed E-state index contributed by atoms with van der Waals surface area (Å²) in [6, 6.07) is 18.7. The fourth-order valence-electron chi connectivity index (χ4n) is 3.96. The molecular formula is C25H28N2O2+2. The summed E-state index contributed by atoms with van der Waals surface area (Å²) in [6.07, 6.45) is 13.7. The maximum absolute atomic E-state index is 11.9. The van der Waals surface area contributed by atoms with Crippen LogP contribution in [0.5, 0.6) is 0 Å². The molecular weight excluding hydrogens is 360 g/mol. The van der Waals surface area contributed by atoms with E-state index in [2.05, 4.69) is 57.9 Å². The van der Waals surface area contributed by atoms with Crippen LogP contribution in [0.15, 0.2) is 79.4 Å². The summed E-state index contributed by atoms with van der Waals surface area (Å²) in [5.74, 6) is 0.492. The highest BCUT2D eigenvalue weighted by molar-refractivity contribution is 5.69. The average molecular weight is 389 g/mol. The van der Waals surface area contributed by atoms with Gasteiger partial charge in [0.2, 0.25) is 5.69 Å². The minimum atomic E-state index is -0.0508. The standard InChI is InChI=1S/C25H28N2O2/c28-25(20-21-6-4-5-7-21)29-19-18-26-14-10-22(11-15-26)23-12-16-27(17-13-23)24-8-2-1-3-9-24/h1-3,8-17,21H,4-7,18-20H2/q+2. The van der Waals surface area contributed by atoms with Gasteiger partial charge in [-0.1, -0.05) is 31.0 Å². The molecule has 1 saturated carbocycles. The van der Waals surface area contributed by atoms with E-state index >= 15 is 0 Å². The zero-order valence-electron chi connectivity index (χ0n) is 16.7. The first-order chi connectivity index (χ1) is 14.3. The van der Waals surface area contributed by atoms with E-state index in [1.54, 1.807) is 0 Å². The Morgan fingerprint density at radius 1 is 0.862 bits per heavy atom. The molecule has 0 N–H and O–H groups in total. The Morgan fingerprint density at radius 3 is 2.14 bits per heavy atom. The minimum Gasteiger partial charge on any atom is -0.459 e. The lowest BCUT2D eigenvalue weighted by molar-refractivity contribution is -0.697. The van der Waals surface area contributed by atoms with Gasteiger partial charge in [-0.2, -0.15) is 4.57 Å². The molecule has 0 bridgehead atoms. The number of para-hydroxylation sites is 1. The van der Waals surface area contributed by atoms with Crippen LogP contribution >= 0.6 is 0 Å². The van der Waals surface area contributed by atoms with Crippen LogP contribution in [0, 0.1) is 5.92 Å². The van der Waals surface area contributed by atoms with Crippen LogP contribution in [-0.2, 0) is 16.1 Å². The van der Waals surface area contributed by atoms with Crippen molar-refractivity contribution in [3.8, 4) is 16.8 Å². The molecule has 148 valence electrons. The number of benzene rings is 1. The fourth-order valence-corrected chi connectivity index (χ4v) is 3.96. The van der Waals surface area contributed by atoms with Crippen LogP contribution in [-0.4, -0.2) is 12.6 Å². The number of carbonyl (C=O) groups is 1. The van der Waals surface area contributed by atoms with Gasteiger partial charge in [-0.3, -0.25) is 4.79 Å². The fraction of sp³-hybridized carbons (Fsp3) is 0.320. The lowest BCUT2D eigenvalue weighted by atomic mass is 10.1. The van der Waals surface area contributed by atoms with E-state index in [1.165, 1.54) is 36.8 Å². The summed E-state index contributed by atoms with van der Waals surface area (Å²) in [5, 5.41) is 0. The van der Waals surface area contributed by atoms with E-state index in [-0.39, 0.29) is 5.97 Å². The summed E-state index contributed by atoms with van der Waals surface area (Å²) in [7, 11) is 0. The van der Waals surface area contributed by atoms with Gasteiger partial charge in [0.15, 0.2) is 37.9 Å². The maximum atomic E-state index is 11.9. The maximum Gasteiger partial charge on any atom is 0.306 e. The Hall–Kier alpha value is -3.01. The van der Waals surface area contributed by atoms with Crippen LogP contribution in [0.3, 0.4) is 0 Å². The SMILES string of the molecule is O=C(CC1CCCC1)OCC[n+]1ccc(-c2cc[n+](-c3ccccc3)cc2)cc1. The van der Waals surface area contributed by atoms with Gasteiger partial charge in [-0.05, 0) is 29.9 Å². The lowest BCUT2D eigenvalue weighted by Crippen LogP contribution is -2.35. The summed E-state index contributed by atoms with van der Waals surface area (Å²) < 4.78 is 9.57. The van der Waals surface area contributed by atoms with Crippen LogP contribution in [0.1, 0.15) is 32.1 Å². The number of hydrogen-bond acceptors (Lipinski definition) is 2. The molecule has 2 aromatic heterocycles. The molecule has 0 aliphatic heterocycles. The lowest BCUT2D eigenvalue weighted by Gasteiger charge is -2.08. The highest BCUT2D eigenvalue weighted by Gasteiger charge is 2.19. The molecule has 2 heterocycles. The second-order valence-electron chi connectivity index (χ2n) is 7.73. The molecule has 4 heteroatoms. The van der Waals surface area contributed by atoms with Gasteiger partial charge in [0, 0.05) is 42.8 Å². The van der Waals surface area contributed by atoms with Crippen molar-refractivity contribution in [1.29, 1.82) is 0 Å². The summed E-state index contributed by atoms with van der Waals surface area (Å²) in [4.78, 5) is 11.9. The Labute approximate surface area is 172 Å².